The van der Waals surface area contributed by atoms with Crippen LogP contribution in [0.5, 0.6) is 0 Å². The molecule has 0 radical (unpaired) electrons. The van der Waals surface area contributed by atoms with E-state index in [1.807, 2.05) is 48.5 Å². The van der Waals surface area contributed by atoms with E-state index < -0.39 is 5.56 Å². The van der Waals surface area contributed by atoms with Crippen molar-refractivity contribution in [2.45, 2.75) is 0 Å². The molecule has 3 rings (SSSR count). The molecule has 1 heterocycles. The number of hydrogen-bond donors (Lipinski definition) is 2. The molecule has 7 heteroatoms. The topological polar surface area (TPSA) is 93.9 Å². The van der Waals surface area contributed by atoms with Gasteiger partial charge < -0.3 is 0 Å². The van der Waals surface area contributed by atoms with Crippen LogP contribution in [0.15, 0.2) is 69.0 Å². The first-order chi connectivity index (χ1) is 12.2. The van der Waals surface area contributed by atoms with Crippen molar-refractivity contribution in [1.29, 1.82) is 5.26 Å². The van der Waals surface area contributed by atoms with Gasteiger partial charge >= 0.3 is 0 Å². The van der Waals surface area contributed by atoms with Gasteiger partial charge in [0.1, 0.15) is 11.6 Å². The lowest BCUT2D eigenvalue weighted by molar-refractivity contribution is 1.08. The minimum absolute atomic E-state index is 0.0345. The Labute approximate surface area is 152 Å². The van der Waals surface area contributed by atoms with E-state index in [0.717, 1.165) is 10.0 Å². The molecule has 0 saturated carbocycles. The van der Waals surface area contributed by atoms with Gasteiger partial charge in [0, 0.05) is 10.0 Å². The number of hydrogen-bond acceptors (Lipinski definition) is 5. The smallest absolute Gasteiger partial charge is 0.270 e. The second kappa shape index (κ2) is 7.55. The third-order valence-corrected chi connectivity index (χ3v) is 3.80. The van der Waals surface area contributed by atoms with Gasteiger partial charge in [0.2, 0.25) is 5.95 Å². The molecule has 122 valence electrons. The predicted octanol–water partition coefficient (Wildman–Crippen LogP) is 3.52. The highest BCUT2D eigenvalue weighted by atomic mass is 79.9. The number of nitrogens with one attached hydrogen (secondary N) is 2. The fourth-order valence-electron chi connectivity index (χ4n) is 2.19. The Morgan fingerprint density at radius 2 is 2.00 bits per heavy atom. The van der Waals surface area contributed by atoms with Crippen molar-refractivity contribution >= 4 is 28.1 Å². The highest BCUT2D eigenvalue weighted by Gasteiger charge is 2.12. The lowest BCUT2D eigenvalue weighted by atomic mass is 10.1. The number of hydrazone groups is 1. The molecule has 0 aliphatic rings. The van der Waals surface area contributed by atoms with Gasteiger partial charge in [-0.15, -0.1) is 0 Å². The van der Waals surface area contributed by atoms with Gasteiger partial charge in [-0.25, -0.2) is 10.4 Å². The minimum Gasteiger partial charge on any atom is -0.290 e. The summed E-state index contributed by atoms with van der Waals surface area (Å²) < 4.78 is 0.938. The molecule has 0 aliphatic heterocycles. The maximum Gasteiger partial charge on any atom is 0.270 e. The highest BCUT2D eigenvalue weighted by Crippen LogP contribution is 2.19. The second-order valence-corrected chi connectivity index (χ2v) is 5.96. The molecule has 0 saturated heterocycles. The zero-order valence-corrected chi connectivity index (χ0v) is 14.5. The number of anilines is 1. The fourth-order valence-corrected chi connectivity index (χ4v) is 2.61. The molecule has 6 nitrogen and oxygen atoms in total. The van der Waals surface area contributed by atoms with Gasteiger partial charge in [0.25, 0.3) is 5.56 Å². The van der Waals surface area contributed by atoms with E-state index >= 15 is 0 Å². The Kier molecular flexibility index (Phi) is 5.02. The molecule has 0 fully saturated rings. The van der Waals surface area contributed by atoms with Crippen LogP contribution in [0.25, 0.3) is 11.3 Å². The summed E-state index contributed by atoms with van der Waals surface area (Å²) >= 11 is 3.39. The predicted molar refractivity (Wildman–Crippen MR) is 100 cm³/mol. The SMILES string of the molecule is N#Cc1c(-c2ccccc2)nc(NN=Cc2cccc(Br)c2)[nH]c1=O. The zero-order chi connectivity index (χ0) is 17.6. The molecule has 0 atom stereocenters. The van der Waals surface area contributed by atoms with Crippen molar-refractivity contribution in [2.75, 3.05) is 5.43 Å². The number of H-pyrrole nitrogens is 1. The lowest BCUT2D eigenvalue weighted by Gasteiger charge is -2.05. The first-order valence-electron chi connectivity index (χ1n) is 7.32. The van der Waals surface area contributed by atoms with Crippen LogP contribution in [0, 0.1) is 11.3 Å². The third kappa shape index (κ3) is 4.00. The summed E-state index contributed by atoms with van der Waals surface area (Å²) in [6.07, 6.45) is 1.60. The molecular weight excluding hydrogens is 382 g/mol. The molecule has 0 aliphatic carbocycles. The van der Waals surface area contributed by atoms with E-state index in [9.17, 15) is 10.1 Å². The molecule has 1 aromatic heterocycles. The van der Waals surface area contributed by atoms with E-state index in [0.29, 0.717) is 11.3 Å². The monoisotopic (exact) mass is 393 g/mol. The number of halogens is 1. The normalized spacial score (nSPS) is 10.6. The zero-order valence-electron chi connectivity index (χ0n) is 12.9. The largest absolute Gasteiger partial charge is 0.290 e. The Morgan fingerprint density at radius 3 is 2.72 bits per heavy atom. The molecule has 0 unspecified atom stereocenters. The van der Waals surface area contributed by atoms with E-state index in [-0.39, 0.29) is 11.5 Å². The van der Waals surface area contributed by atoms with Gasteiger partial charge in [-0.1, -0.05) is 58.4 Å². The van der Waals surface area contributed by atoms with Gasteiger partial charge in [0.15, 0.2) is 0 Å². The van der Waals surface area contributed by atoms with E-state index in [2.05, 4.69) is 36.4 Å². The van der Waals surface area contributed by atoms with E-state index in [1.165, 1.54) is 0 Å². The van der Waals surface area contributed by atoms with Crippen molar-refractivity contribution < 1.29 is 0 Å². The molecule has 0 bridgehead atoms. The summed E-state index contributed by atoms with van der Waals surface area (Å²) in [6.45, 7) is 0. The Morgan fingerprint density at radius 1 is 1.20 bits per heavy atom. The van der Waals surface area contributed by atoms with Crippen LogP contribution in [0.4, 0.5) is 5.95 Å². The van der Waals surface area contributed by atoms with Crippen molar-refractivity contribution in [3.05, 3.63) is 80.6 Å². The van der Waals surface area contributed by atoms with Gasteiger partial charge in [-0.05, 0) is 17.7 Å². The first kappa shape index (κ1) is 16.6. The summed E-state index contributed by atoms with van der Waals surface area (Å²) in [5.74, 6) is 0.161. The molecule has 3 aromatic rings. The number of nitrogens with zero attached hydrogens (tertiary/aromatic N) is 3. The third-order valence-electron chi connectivity index (χ3n) is 3.31. The highest BCUT2D eigenvalue weighted by molar-refractivity contribution is 9.10. The molecule has 2 N–H and O–H groups in total. The van der Waals surface area contributed by atoms with Crippen LogP contribution in [0.2, 0.25) is 0 Å². The average molecular weight is 394 g/mol. The second-order valence-electron chi connectivity index (χ2n) is 5.04. The summed E-state index contributed by atoms with van der Waals surface area (Å²) in [5, 5.41) is 13.3. The Balaban J connectivity index is 1.92. The van der Waals surface area contributed by atoms with Crippen molar-refractivity contribution in [3.8, 4) is 17.3 Å². The molecule has 0 spiro atoms. The fraction of sp³-hybridized carbons (Fsp3) is 0. The van der Waals surface area contributed by atoms with Gasteiger partial charge in [-0.2, -0.15) is 10.4 Å². The van der Waals surface area contributed by atoms with E-state index in [4.69, 9.17) is 0 Å². The van der Waals surface area contributed by atoms with Crippen LogP contribution in [0.3, 0.4) is 0 Å². The lowest BCUT2D eigenvalue weighted by Crippen LogP contribution is -2.16. The summed E-state index contributed by atoms with van der Waals surface area (Å²) in [7, 11) is 0. The Hall–Kier alpha value is -3.24. The Bertz CT molecular complexity index is 1020. The summed E-state index contributed by atoms with van der Waals surface area (Å²) in [4.78, 5) is 18.9. The molecular formula is C18H12BrN5O. The van der Waals surface area contributed by atoms with Gasteiger partial charge in [-0.3, -0.25) is 9.78 Å². The number of nitriles is 1. The van der Waals surface area contributed by atoms with E-state index in [1.54, 1.807) is 18.3 Å². The molecule has 2 aromatic carbocycles. The minimum atomic E-state index is -0.517. The average Bonchev–Trinajstić information content (AvgIpc) is 2.62. The number of aromatic nitrogens is 2. The maximum absolute atomic E-state index is 12.1. The van der Waals surface area contributed by atoms with Crippen LogP contribution < -0.4 is 11.0 Å². The standard InChI is InChI=1S/C18H12BrN5O/c19-14-8-4-5-12(9-14)11-21-24-18-22-16(13-6-2-1-3-7-13)15(10-20)17(25)23-18/h1-9,11H,(H2,22,23,24,25). The number of benzene rings is 2. The van der Waals surface area contributed by atoms with Gasteiger partial charge in [0.05, 0.1) is 11.9 Å². The maximum atomic E-state index is 12.1. The number of rotatable bonds is 4. The molecule has 25 heavy (non-hydrogen) atoms. The first-order valence-corrected chi connectivity index (χ1v) is 8.11. The number of aromatic amines is 1. The van der Waals surface area contributed by atoms with Crippen LogP contribution >= 0.6 is 15.9 Å². The van der Waals surface area contributed by atoms with Crippen molar-refractivity contribution in [1.82, 2.24) is 9.97 Å². The molecule has 0 amide bonds. The summed E-state index contributed by atoms with van der Waals surface area (Å²) in [6, 6.07) is 18.6. The summed E-state index contributed by atoms with van der Waals surface area (Å²) in [5.41, 5.74) is 4.01. The van der Waals surface area contributed by atoms with Crippen LogP contribution in [-0.2, 0) is 0 Å². The van der Waals surface area contributed by atoms with Crippen LogP contribution in [0.1, 0.15) is 11.1 Å². The van der Waals surface area contributed by atoms with Crippen molar-refractivity contribution in [2.24, 2.45) is 5.10 Å². The quantitative estimate of drug-likeness (QED) is 0.523. The van der Waals surface area contributed by atoms with Crippen LogP contribution in [-0.4, -0.2) is 16.2 Å². The van der Waals surface area contributed by atoms with Crippen molar-refractivity contribution in [3.63, 3.8) is 0 Å².